The molecule has 0 bridgehead atoms. The van der Waals surface area contributed by atoms with Gasteiger partial charge in [-0.1, -0.05) is 0 Å². The van der Waals surface area contributed by atoms with Crippen LogP contribution in [0.25, 0.3) is 0 Å². The first-order valence-corrected chi connectivity index (χ1v) is 6.46. The number of nitro groups is 1. The van der Waals surface area contributed by atoms with Crippen molar-refractivity contribution in [2.75, 3.05) is 45.2 Å². The second kappa shape index (κ2) is 7.24. The molecule has 1 aliphatic rings. The third-order valence-corrected chi connectivity index (χ3v) is 3.55. The smallest absolute Gasteiger partial charge is 0.338 e. The van der Waals surface area contributed by atoms with Gasteiger partial charge in [-0.05, 0) is 12.1 Å². The molecule has 1 aromatic carbocycles. The lowest BCUT2D eigenvalue weighted by atomic mass is 10.1. The number of methoxy groups -OCH3 is 1. The van der Waals surface area contributed by atoms with Crippen molar-refractivity contribution in [1.29, 1.82) is 0 Å². The van der Waals surface area contributed by atoms with Crippen LogP contribution in [0.4, 0.5) is 11.4 Å². The van der Waals surface area contributed by atoms with Gasteiger partial charge < -0.3 is 26.9 Å². The molecule has 1 aliphatic heterocycles. The normalized spacial score (nSPS) is 15.2. The van der Waals surface area contributed by atoms with Crippen LogP contribution in [0.3, 0.4) is 0 Å². The Kier molecular flexibility index (Phi) is 5.92. The Morgan fingerprint density at radius 2 is 2.00 bits per heavy atom. The summed E-state index contributed by atoms with van der Waals surface area (Å²) in [5.41, 5.74) is 0.713. The minimum Gasteiger partial charge on any atom is -1.00 e. The molecular weight excluding hydrogens is 298 g/mol. The number of nitrogens with zero attached hydrogens (tertiary/aromatic N) is 2. The van der Waals surface area contributed by atoms with Gasteiger partial charge in [0.05, 0.1) is 50.8 Å². The van der Waals surface area contributed by atoms with E-state index in [1.54, 1.807) is 12.1 Å². The maximum Gasteiger partial charge on any atom is 0.338 e. The summed E-state index contributed by atoms with van der Waals surface area (Å²) in [6, 6.07) is 4.48. The van der Waals surface area contributed by atoms with E-state index in [-0.39, 0.29) is 23.7 Å². The van der Waals surface area contributed by atoms with Crippen LogP contribution in [0.5, 0.6) is 0 Å². The number of piperazine rings is 1. The fourth-order valence-corrected chi connectivity index (χ4v) is 2.31. The molecule has 2 rings (SSSR count). The van der Waals surface area contributed by atoms with Crippen molar-refractivity contribution in [3.63, 3.8) is 0 Å². The van der Waals surface area contributed by atoms with Crippen LogP contribution in [0.15, 0.2) is 18.2 Å². The molecule has 0 saturated carbocycles. The van der Waals surface area contributed by atoms with E-state index < -0.39 is 10.9 Å². The zero-order valence-corrected chi connectivity index (χ0v) is 12.7. The van der Waals surface area contributed by atoms with Gasteiger partial charge in [0.1, 0.15) is 5.69 Å². The Labute approximate surface area is 129 Å². The van der Waals surface area contributed by atoms with Crippen molar-refractivity contribution in [3.05, 3.63) is 33.9 Å². The number of halogens is 1. The highest BCUT2D eigenvalue weighted by Crippen LogP contribution is 2.29. The molecule has 0 radical (unpaired) electrons. The van der Waals surface area contributed by atoms with Crippen molar-refractivity contribution in [2.24, 2.45) is 0 Å². The van der Waals surface area contributed by atoms with E-state index in [0.29, 0.717) is 5.69 Å². The molecule has 1 saturated heterocycles. The lowest BCUT2D eigenvalue weighted by Gasteiger charge is -2.31. The van der Waals surface area contributed by atoms with Crippen LogP contribution in [-0.4, -0.2) is 51.2 Å². The van der Waals surface area contributed by atoms with E-state index in [9.17, 15) is 14.9 Å². The molecule has 0 atom stereocenters. The molecule has 1 fully saturated rings. The number of carbonyl (C=O) groups is 1. The Morgan fingerprint density at radius 1 is 1.38 bits per heavy atom. The first-order chi connectivity index (χ1) is 9.52. The van der Waals surface area contributed by atoms with Gasteiger partial charge in [0, 0.05) is 6.07 Å². The van der Waals surface area contributed by atoms with E-state index in [0.717, 1.165) is 26.2 Å². The average Bonchev–Trinajstić information content (AvgIpc) is 2.46. The number of ether oxygens (including phenoxy) is 1. The summed E-state index contributed by atoms with van der Waals surface area (Å²) in [7, 11) is 3.36. The summed E-state index contributed by atoms with van der Waals surface area (Å²) in [6.45, 7) is 3.42. The Balaban J connectivity index is 0.00000220. The molecule has 0 aliphatic carbocycles. The number of anilines is 1. The van der Waals surface area contributed by atoms with Crippen LogP contribution < -0.4 is 22.2 Å². The number of hydrogen-bond donors (Lipinski definition) is 1. The van der Waals surface area contributed by atoms with Gasteiger partial charge in [0.2, 0.25) is 0 Å². The monoisotopic (exact) mass is 315 g/mol. The molecule has 116 valence electrons. The maximum atomic E-state index is 11.5. The van der Waals surface area contributed by atoms with Crippen molar-refractivity contribution in [1.82, 2.24) is 0 Å². The Bertz CT molecular complexity index is 530. The number of benzene rings is 1. The fourth-order valence-electron chi connectivity index (χ4n) is 2.31. The van der Waals surface area contributed by atoms with Gasteiger partial charge in [-0.2, -0.15) is 0 Å². The SMILES string of the molecule is COC(=O)c1ccc(N2CC[NH+](C)CC2)c([N+](=O)[O-])c1.[Cl-]. The van der Waals surface area contributed by atoms with E-state index in [1.807, 2.05) is 4.90 Å². The van der Waals surface area contributed by atoms with E-state index in [4.69, 9.17) is 0 Å². The predicted molar refractivity (Wildman–Crippen MR) is 73.3 cm³/mol. The highest BCUT2D eigenvalue weighted by molar-refractivity contribution is 5.91. The van der Waals surface area contributed by atoms with Crippen molar-refractivity contribution >= 4 is 17.3 Å². The first kappa shape index (κ1) is 17.2. The summed E-state index contributed by atoms with van der Waals surface area (Å²) in [6.07, 6.45) is 0. The molecule has 8 heteroatoms. The minimum atomic E-state index is -0.567. The number of nitro benzene ring substituents is 1. The first-order valence-electron chi connectivity index (χ1n) is 6.46. The number of quaternary nitrogens is 1. The predicted octanol–water partition coefficient (Wildman–Crippen LogP) is -3.28. The quantitative estimate of drug-likeness (QED) is 0.360. The van der Waals surface area contributed by atoms with Crippen LogP contribution in [0.1, 0.15) is 10.4 Å². The molecule has 0 amide bonds. The number of likely N-dealkylation sites (N-methyl/N-ethyl adjacent to an activating group) is 1. The van der Waals surface area contributed by atoms with Crippen molar-refractivity contribution in [2.45, 2.75) is 0 Å². The van der Waals surface area contributed by atoms with Gasteiger partial charge >= 0.3 is 5.97 Å². The Morgan fingerprint density at radius 3 is 2.52 bits per heavy atom. The third-order valence-electron chi connectivity index (χ3n) is 3.55. The molecule has 7 nitrogen and oxygen atoms in total. The highest BCUT2D eigenvalue weighted by atomic mass is 35.5. The van der Waals surface area contributed by atoms with E-state index in [1.165, 1.54) is 18.1 Å². The van der Waals surface area contributed by atoms with E-state index in [2.05, 4.69) is 11.8 Å². The largest absolute Gasteiger partial charge is 1.00 e. The second-order valence-corrected chi connectivity index (χ2v) is 4.90. The van der Waals surface area contributed by atoms with Crippen LogP contribution in [0, 0.1) is 10.1 Å². The van der Waals surface area contributed by atoms with Crippen LogP contribution >= 0.6 is 0 Å². The van der Waals surface area contributed by atoms with Gasteiger partial charge in [0.15, 0.2) is 0 Å². The molecule has 0 unspecified atom stereocenters. The summed E-state index contributed by atoms with van der Waals surface area (Å²) in [4.78, 5) is 25.6. The summed E-state index contributed by atoms with van der Waals surface area (Å²) in [5, 5.41) is 11.2. The number of rotatable bonds is 3. The molecule has 1 N–H and O–H groups in total. The summed E-state index contributed by atoms with van der Waals surface area (Å²) >= 11 is 0. The zero-order chi connectivity index (χ0) is 14.7. The van der Waals surface area contributed by atoms with Crippen molar-refractivity contribution in [3.8, 4) is 0 Å². The van der Waals surface area contributed by atoms with Gasteiger partial charge in [-0.3, -0.25) is 10.1 Å². The third kappa shape index (κ3) is 3.83. The van der Waals surface area contributed by atoms with Gasteiger partial charge in [-0.25, -0.2) is 4.79 Å². The second-order valence-electron chi connectivity index (χ2n) is 4.90. The zero-order valence-electron chi connectivity index (χ0n) is 12.0. The standard InChI is InChI=1S/C13H17N3O4.ClH/c1-14-5-7-15(8-6-14)11-4-3-10(13(17)20-2)9-12(11)16(18)19;/h3-4,9H,5-8H2,1-2H3;1H. The van der Waals surface area contributed by atoms with E-state index >= 15 is 0 Å². The lowest BCUT2D eigenvalue weighted by Crippen LogP contribution is -3.12. The molecule has 0 aromatic heterocycles. The molecular formula is C13H18ClN3O4. The molecule has 0 spiro atoms. The summed E-state index contributed by atoms with van der Waals surface area (Å²) in [5.74, 6) is -0.567. The highest BCUT2D eigenvalue weighted by Gasteiger charge is 2.25. The van der Waals surface area contributed by atoms with Crippen LogP contribution in [-0.2, 0) is 4.74 Å². The molecule has 1 heterocycles. The fraction of sp³-hybridized carbons (Fsp3) is 0.462. The Hall–Kier alpha value is -1.86. The van der Waals surface area contributed by atoms with Gasteiger partial charge in [-0.15, -0.1) is 0 Å². The molecule has 21 heavy (non-hydrogen) atoms. The van der Waals surface area contributed by atoms with Crippen LogP contribution in [0.2, 0.25) is 0 Å². The molecule has 1 aromatic rings. The average molecular weight is 316 g/mol. The minimum absolute atomic E-state index is 0. The number of nitrogens with one attached hydrogen (secondary N) is 1. The summed E-state index contributed by atoms with van der Waals surface area (Å²) < 4.78 is 4.59. The number of hydrogen-bond acceptors (Lipinski definition) is 5. The lowest BCUT2D eigenvalue weighted by molar-refractivity contribution is -0.880. The number of esters is 1. The van der Waals surface area contributed by atoms with Gasteiger partial charge in [0.25, 0.3) is 5.69 Å². The van der Waals surface area contributed by atoms with Crippen molar-refractivity contribution < 1.29 is 31.8 Å². The number of carbonyl (C=O) groups excluding carboxylic acids is 1. The maximum absolute atomic E-state index is 11.5. The topological polar surface area (TPSA) is 77.1 Å².